The molecular weight excluding hydrogens is 224 g/mol. The molecule has 0 amide bonds. The molecule has 1 atom stereocenters. The van der Waals surface area contributed by atoms with Crippen LogP contribution in [0.3, 0.4) is 0 Å². The molecule has 2 nitrogen and oxygen atoms in total. The van der Waals surface area contributed by atoms with Gasteiger partial charge in [-0.15, -0.1) is 11.6 Å². The molecule has 3 heteroatoms. The van der Waals surface area contributed by atoms with Crippen LogP contribution in [0.25, 0.3) is 0 Å². The third kappa shape index (κ3) is 4.23. The first-order chi connectivity index (χ1) is 7.49. The summed E-state index contributed by atoms with van der Waals surface area (Å²) in [6.07, 6.45) is 0.997. The minimum absolute atomic E-state index is 0.0366. The third-order valence-electron chi connectivity index (χ3n) is 2.34. The number of carbonyl (C=O) groups is 1. The summed E-state index contributed by atoms with van der Waals surface area (Å²) >= 11 is 5.98. The number of halogens is 1. The summed E-state index contributed by atoms with van der Waals surface area (Å²) in [7, 11) is 0. The molecule has 0 aromatic heterocycles. The number of alkyl halides is 1. The van der Waals surface area contributed by atoms with Crippen molar-refractivity contribution in [2.45, 2.75) is 32.1 Å². The quantitative estimate of drug-likeness (QED) is 0.798. The molecular formula is C13H17ClO2. The molecule has 1 N–H and O–H groups in total. The number of aliphatic carboxylic acids is 1. The molecule has 0 aliphatic heterocycles. The number of hydrogen-bond donors (Lipinski definition) is 1. The molecule has 0 fully saturated rings. The van der Waals surface area contributed by atoms with Crippen LogP contribution < -0.4 is 0 Å². The largest absolute Gasteiger partial charge is 0.481 e. The maximum absolute atomic E-state index is 10.5. The minimum Gasteiger partial charge on any atom is -0.481 e. The van der Waals surface area contributed by atoms with Crippen LogP contribution in [0, 0.1) is 5.92 Å². The summed E-state index contributed by atoms with van der Waals surface area (Å²) in [5.74, 6) is -0.247. The van der Waals surface area contributed by atoms with Crippen LogP contribution in [0.2, 0.25) is 0 Å². The van der Waals surface area contributed by atoms with Crippen molar-refractivity contribution >= 4 is 17.6 Å². The summed E-state index contributed by atoms with van der Waals surface area (Å²) in [6, 6.07) is 7.87. The Labute approximate surface area is 101 Å². The smallest absolute Gasteiger partial charge is 0.305 e. The first-order valence-electron chi connectivity index (χ1n) is 5.43. The van der Waals surface area contributed by atoms with Crippen molar-refractivity contribution in [3.63, 3.8) is 0 Å². The van der Waals surface area contributed by atoms with Crippen LogP contribution in [0.15, 0.2) is 24.3 Å². The van der Waals surface area contributed by atoms with E-state index >= 15 is 0 Å². The molecule has 0 aliphatic carbocycles. The first kappa shape index (κ1) is 13.0. The average Bonchev–Trinajstić information content (AvgIpc) is 2.16. The molecule has 1 unspecified atom stereocenters. The van der Waals surface area contributed by atoms with Crippen molar-refractivity contribution in [1.82, 2.24) is 0 Å². The zero-order valence-corrected chi connectivity index (χ0v) is 10.4. The number of hydrogen-bond acceptors (Lipinski definition) is 1. The highest BCUT2D eigenvalue weighted by Crippen LogP contribution is 2.24. The van der Waals surface area contributed by atoms with Crippen molar-refractivity contribution in [3.8, 4) is 0 Å². The van der Waals surface area contributed by atoms with Crippen LogP contribution in [0.5, 0.6) is 0 Å². The van der Waals surface area contributed by atoms with Gasteiger partial charge < -0.3 is 5.11 Å². The Morgan fingerprint density at radius 3 is 2.31 bits per heavy atom. The van der Waals surface area contributed by atoms with Crippen LogP contribution in [0.1, 0.15) is 36.8 Å². The van der Waals surface area contributed by atoms with Crippen molar-refractivity contribution < 1.29 is 9.90 Å². The first-order valence-corrected chi connectivity index (χ1v) is 5.87. The van der Waals surface area contributed by atoms with Crippen molar-refractivity contribution in [1.29, 1.82) is 0 Å². The fraction of sp³-hybridized carbons (Fsp3) is 0.462. The van der Waals surface area contributed by atoms with E-state index in [9.17, 15) is 4.79 Å². The van der Waals surface area contributed by atoms with Gasteiger partial charge in [0.15, 0.2) is 0 Å². The average molecular weight is 241 g/mol. The molecule has 0 spiro atoms. The number of benzene rings is 1. The maximum atomic E-state index is 10.5. The maximum Gasteiger partial charge on any atom is 0.305 e. The van der Waals surface area contributed by atoms with E-state index in [1.807, 2.05) is 24.3 Å². The summed E-state index contributed by atoms with van der Waals surface area (Å²) in [5.41, 5.74) is 2.13. The predicted molar refractivity (Wildman–Crippen MR) is 65.8 cm³/mol. The lowest BCUT2D eigenvalue weighted by atomic mass is 10.0. The van der Waals surface area contributed by atoms with E-state index in [2.05, 4.69) is 13.8 Å². The molecule has 0 heterocycles. The molecule has 1 aromatic carbocycles. The highest BCUT2D eigenvalue weighted by molar-refractivity contribution is 6.21. The zero-order chi connectivity index (χ0) is 12.1. The van der Waals surface area contributed by atoms with Crippen molar-refractivity contribution in [3.05, 3.63) is 35.4 Å². The Hall–Kier alpha value is -1.02. The van der Waals surface area contributed by atoms with Gasteiger partial charge >= 0.3 is 5.97 Å². The van der Waals surface area contributed by atoms with Crippen molar-refractivity contribution in [2.24, 2.45) is 5.92 Å². The molecule has 1 aromatic rings. The second-order valence-electron chi connectivity index (χ2n) is 4.40. The Balaban J connectivity index is 2.66. The van der Waals surface area contributed by atoms with Crippen molar-refractivity contribution in [2.75, 3.05) is 0 Å². The molecule has 1 rings (SSSR count). The Morgan fingerprint density at radius 1 is 1.31 bits per heavy atom. The van der Waals surface area contributed by atoms with E-state index in [0.717, 1.165) is 12.0 Å². The minimum atomic E-state index is -0.869. The molecule has 0 aliphatic rings. The second kappa shape index (κ2) is 5.90. The normalized spacial score (nSPS) is 12.8. The van der Waals surface area contributed by atoms with Gasteiger partial charge in [0, 0.05) is 0 Å². The standard InChI is InChI=1S/C13H17ClO2/c1-9(2)7-10-3-5-11(6-4-10)12(14)8-13(15)16/h3-6,9,12H,7-8H2,1-2H3,(H,15,16). The third-order valence-corrected chi connectivity index (χ3v) is 2.75. The zero-order valence-electron chi connectivity index (χ0n) is 9.61. The molecule has 0 radical (unpaired) electrons. The Bertz CT molecular complexity index is 343. The highest BCUT2D eigenvalue weighted by atomic mass is 35.5. The van der Waals surface area contributed by atoms with Gasteiger partial charge in [-0.25, -0.2) is 0 Å². The van der Waals surface area contributed by atoms with Crippen LogP contribution >= 0.6 is 11.6 Å². The number of carboxylic acids is 1. The Morgan fingerprint density at radius 2 is 1.88 bits per heavy atom. The van der Waals surface area contributed by atoms with Gasteiger partial charge in [-0.05, 0) is 23.5 Å². The van der Waals surface area contributed by atoms with Gasteiger partial charge in [0.2, 0.25) is 0 Å². The van der Waals surface area contributed by atoms with Gasteiger partial charge in [-0.2, -0.15) is 0 Å². The lowest BCUT2D eigenvalue weighted by Crippen LogP contribution is -2.01. The topological polar surface area (TPSA) is 37.3 Å². The van der Waals surface area contributed by atoms with E-state index < -0.39 is 11.3 Å². The number of carboxylic acid groups (broad SMARTS) is 1. The van der Waals surface area contributed by atoms with Gasteiger partial charge in [0.25, 0.3) is 0 Å². The monoisotopic (exact) mass is 240 g/mol. The van der Waals surface area contributed by atoms with E-state index in [1.165, 1.54) is 5.56 Å². The summed E-state index contributed by atoms with van der Waals surface area (Å²) < 4.78 is 0. The summed E-state index contributed by atoms with van der Waals surface area (Å²) in [4.78, 5) is 10.5. The van der Waals surface area contributed by atoms with Gasteiger partial charge in [-0.1, -0.05) is 38.1 Å². The molecule has 0 bridgehead atoms. The fourth-order valence-corrected chi connectivity index (χ4v) is 1.88. The van der Waals surface area contributed by atoms with E-state index in [0.29, 0.717) is 5.92 Å². The van der Waals surface area contributed by atoms with E-state index in [4.69, 9.17) is 16.7 Å². The van der Waals surface area contributed by atoms with Crippen LogP contribution in [0.4, 0.5) is 0 Å². The SMILES string of the molecule is CC(C)Cc1ccc(C(Cl)CC(=O)O)cc1. The summed E-state index contributed by atoms with van der Waals surface area (Å²) in [5, 5.41) is 8.20. The van der Waals surface area contributed by atoms with Crippen LogP contribution in [-0.2, 0) is 11.2 Å². The van der Waals surface area contributed by atoms with Gasteiger partial charge in [-0.3, -0.25) is 4.79 Å². The lowest BCUT2D eigenvalue weighted by Gasteiger charge is -2.09. The predicted octanol–water partition coefficient (Wildman–Crippen LogP) is 3.64. The molecule has 88 valence electrons. The highest BCUT2D eigenvalue weighted by Gasteiger charge is 2.12. The van der Waals surface area contributed by atoms with Gasteiger partial charge in [0.1, 0.15) is 0 Å². The Kier molecular flexibility index (Phi) is 4.81. The molecule has 0 saturated heterocycles. The fourth-order valence-electron chi connectivity index (χ4n) is 1.61. The van der Waals surface area contributed by atoms with E-state index in [1.54, 1.807) is 0 Å². The summed E-state index contributed by atoms with van der Waals surface area (Å²) in [6.45, 7) is 4.34. The van der Waals surface area contributed by atoms with E-state index in [-0.39, 0.29) is 6.42 Å². The number of rotatable bonds is 5. The van der Waals surface area contributed by atoms with Gasteiger partial charge in [0.05, 0.1) is 11.8 Å². The van der Waals surface area contributed by atoms with Crippen LogP contribution in [-0.4, -0.2) is 11.1 Å². The lowest BCUT2D eigenvalue weighted by molar-refractivity contribution is -0.137. The molecule has 16 heavy (non-hydrogen) atoms. The second-order valence-corrected chi connectivity index (χ2v) is 4.93. The molecule has 0 saturated carbocycles.